The summed E-state index contributed by atoms with van der Waals surface area (Å²) in [7, 11) is 0. The summed E-state index contributed by atoms with van der Waals surface area (Å²) in [5.74, 6) is -0.0190. The van der Waals surface area contributed by atoms with Gasteiger partial charge in [0.15, 0.2) is 5.78 Å². The van der Waals surface area contributed by atoms with Gasteiger partial charge in [0.1, 0.15) is 0 Å². The molecule has 0 aromatic heterocycles. The molecule has 2 rings (SSSR count). The van der Waals surface area contributed by atoms with E-state index in [1.165, 1.54) is 0 Å². The number of carbonyl (C=O) groups is 1. The molecule has 0 amide bonds. The Morgan fingerprint density at radius 1 is 0.889 bits per heavy atom. The number of Topliss-reactive ketones (excluding diaryl/α,β-unsaturated/α-hetero) is 1. The molecule has 0 fully saturated rings. The van der Waals surface area contributed by atoms with Crippen LogP contribution in [0.25, 0.3) is 0 Å². The molecule has 18 heavy (non-hydrogen) atoms. The fourth-order valence-corrected chi connectivity index (χ4v) is 2.40. The second-order valence-electron chi connectivity index (χ2n) is 4.01. The van der Waals surface area contributed by atoms with Crippen LogP contribution < -0.4 is 0 Å². The molecule has 0 radical (unpaired) electrons. The van der Waals surface area contributed by atoms with E-state index in [0.717, 1.165) is 5.56 Å². The summed E-state index contributed by atoms with van der Waals surface area (Å²) in [6, 6.07) is 15.0. The lowest BCUT2D eigenvalue weighted by atomic mass is 10.0. The number of hydrogen-bond acceptors (Lipinski definition) is 1. The Morgan fingerprint density at radius 2 is 1.50 bits per heavy atom. The second-order valence-corrected chi connectivity index (χ2v) is 4.82. The fourth-order valence-electron chi connectivity index (χ4n) is 1.79. The van der Waals surface area contributed by atoms with Crippen molar-refractivity contribution >= 4 is 29.0 Å². The first kappa shape index (κ1) is 13.1. The standard InChI is InChI=1S/C15H12Cl2O/c16-12-7-4-8-13(17)15(12)14(18)10-9-11-5-2-1-3-6-11/h1-8H,9-10H2. The van der Waals surface area contributed by atoms with Crippen LogP contribution in [0.5, 0.6) is 0 Å². The van der Waals surface area contributed by atoms with Crippen LogP contribution in [-0.2, 0) is 6.42 Å². The van der Waals surface area contributed by atoms with Crippen molar-refractivity contribution in [3.8, 4) is 0 Å². The Hall–Kier alpha value is -1.31. The van der Waals surface area contributed by atoms with Crippen molar-refractivity contribution in [2.75, 3.05) is 0 Å². The predicted octanol–water partition coefficient (Wildman–Crippen LogP) is 4.81. The van der Waals surface area contributed by atoms with Gasteiger partial charge in [-0.2, -0.15) is 0 Å². The molecule has 0 bridgehead atoms. The summed E-state index contributed by atoms with van der Waals surface area (Å²) >= 11 is 12.0. The molecular formula is C15H12Cl2O. The van der Waals surface area contributed by atoms with Gasteiger partial charge < -0.3 is 0 Å². The van der Waals surface area contributed by atoms with E-state index in [-0.39, 0.29) is 5.78 Å². The van der Waals surface area contributed by atoms with Gasteiger partial charge in [-0.3, -0.25) is 4.79 Å². The number of ketones is 1. The zero-order valence-corrected chi connectivity index (χ0v) is 11.2. The zero-order valence-electron chi connectivity index (χ0n) is 9.70. The number of benzene rings is 2. The third-order valence-corrected chi connectivity index (χ3v) is 3.36. The van der Waals surface area contributed by atoms with Gasteiger partial charge in [-0.25, -0.2) is 0 Å². The van der Waals surface area contributed by atoms with E-state index >= 15 is 0 Å². The number of carbonyl (C=O) groups excluding carboxylic acids is 1. The molecule has 0 N–H and O–H groups in total. The van der Waals surface area contributed by atoms with Crippen molar-refractivity contribution < 1.29 is 4.79 Å². The van der Waals surface area contributed by atoms with Crippen molar-refractivity contribution in [2.45, 2.75) is 12.8 Å². The van der Waals surface area contributed by atoms with Gasteiger partial charge in [-0.15, -0.1) is 0 Å². The van der Waals surface area contributed by atoms with Crippen LogP contribution in [0.15, 0.2) is 48.5 Å². The third kappa shape index (κ3) is 3.12. The summed E-state index contributed by atoms with van der Waals surface area (Å²) in [6.07, 6.45) is 1.11. The molecule has 3 heteroatoms. The molecule has 0 heterocycles. The molecule has 1 nitrogen and oxygen atoms in total. The summed E-state index contributed by atoms with van der Waals surface area (Å²) in [6.45, 7) is 0. The van der Waals surface area contributed by atoms with Crippen LogP contribution in [0.3, 0.4) is 0 Å². The number of aryl methyl sites for hydroxylation is 1. The minimum atomic E-state index is -0.0190. The van der Waals surface area contributed by atoms with E-state index in [1.54, 1.807) is 18.2 Å². The highest BCUT2D eigenvalue weighted by atomic mass is 35.5. The normalized spacial score (nSPS) is 10.3. The topological polar surface area (TPSA) is 17.1 Å². The molecule has 2 aromatic carbocycles. The van der Waals surface area contributed by atoms with Gasteiger partial charge in [0.25, 0.3) is 0 Å². The first-order chi connectivity index (χ1) is 8.68. The van der Waals surface area contributed by atoms with Gasteiger partial charge in [0, 0.05) is 6.42 Å². The Morgan fingerprint density at radius 3 is 2.11 bits per heavy atom. The highest BCUT2D eigenvalue weighted by Gasteiger charge is 2.14. The van der Waals surface area contributed by atoms with Crippen LogP contribution in [-0.4, -0.2) is 5.78 Å². The van der Waals surface area contributed by atoms with Crippen LogP contribution in [0.1, 0.15) is 22.3 Å². The van der Waals surface area contributed by atoms with Crippen LogP contribution in [0.4, 0.5) is 0 Å². The maximum absolute atomic E-state index is 12.1. The molecule has 0 atom stereocenters. The molecule has 0 aliphatic heterocycles. The SMILES string of the molecule is O=C(CCc1ccccc1)c1c(Cl)cccc1Cl. The van der Waals surface area contributed by atoms with E-state index < -0.39 is 0 Å². The first-order valence-corrected chi connectivity index (χ1v) is 6.45. The Kier molecular flexibility index (Phi) is 4.40. The summed E-state index contributed by atoms with van der Waals surface area (Å²) in [5, 5.41) is 0.834. The number of rotatable bonds is 4. The lowest BCUT2D eigenvalue weighted by Gasteiger charge is -2.06. The maximum atomic E-state index is 12.1. The highest BCUT2D eigenvalue weighted by molar-refractivity contribution is 6.39. The van der Waals surface area contributed by atoms with Crippen molar-refractivity contribution in [2.24, 2.45) is 0 Å². The number of halogens is 2. The van der Waals surface area contributed by atoms with Crippen molar-refractivity contribution in [1.29, 1.82) is 0 Å². The number of hydrogen-bond donors (Lipinski definition) is 0. The predicted molar refractivity (Wildman–Crippen MR) is 75.6 cm³/mol. The Bertz CT molecular complexity index is 529. The average Bonchev–Trinajstić information content (AvgIpc) is 2.37. The van der Waals surface area contributed by atoms with Crippen molar-refractivity contribution in [3.05, 3.63) is 69.7 Å². The molecular weight excluding hydrogens is 267 g/mol. The highest BCUT2D eigenvalue weighted by Crippen LogP contribution is 2.25. The van der Waals surface area contributed by atoms with Gasteiger partial charge in [-0.1, -0.05) is 59.6 Å². The van der Waals surface area contributed by atoms with E-state index in [1.807, 2.05) is 30.3 Å². The quantitative estimate of drug-likeness (QED) is 0.734. The van der Waals surface area contributed by atoms with Crippen molar-refractivity contribution in [3.63, 3.8) is 0 Å². The third-order valence-electron chi connectivity index (χ3n) is 2.73. The molecule has 2 aromatic rings. The fraction of sp³-hybridized carbons (Fsp3) is 0.133. The maximum Gasteiger partial charge on any atom is 0.166 e. The smallest absolute Gasteiger partial charge is 0.166 e. The molecule has 0 aliphatic rings. The van der Waals surface area contributed by atoms with E-state index in [9.17, 15) is 4.79 Å². The van der Waals surface area contributed by atoms with E-state index in [0.29, 0.717) is 28.5 Å². The van der Waals surface area contributed by atoms with Crippen LogP contribution in [0.2, 0.25) is 10.0 Å². The second kappa shape index (κ2) is 6.03. The molecule has 92 valence electrons. The summed E-state index contributed by atoms with van der Waals surface area (Å²) < 4.78 is 0. The zero-order chi connectivity index (χ0) is 13.0. The molecule has 0 spiro atoms. The summed E-state index contributed by atoms with van der Waals surface area (Å²) in [4.78, 5) is 12.1. The lowest BCUT2D eigenvalue weighted by Crippen LogP contribution is -2.03. The van der Waals surface area contributed by atoms with Gasteiger partial charge in [0.2, 0.25) is 0 Å². The lowest BCUT2D eigenvalue weighted by molar-refractivity contribution is 0.0983. The molecule has 0 saturated carbocycles. The Balaban J connectivity index is 2.09. The van der Waals surface area contributed by atoms with Gasteiger partial charge >= 0.3 is 0 Å². The van der Waals surface area contributed by atoms with Crippen molar-refractivity contribution in [1.82, 2.24) is 0 Å². The van der Waals surface area contributed by atoms with Gasteiger partial charge in [0.05, 0.1) is 15.6 Å². The van der Waals surface area contributed by atoms with Crippen LogP contribution >= 0.6 is 23.2 Å². The van der Waals surface area contributed by atoms with Crippen LogP contribution in [0, 0.1) is 0 Å². The molecule has 0 aliphatic carbocycles. The van der Waals surface area contributed by atoms with E-state index in [2.05, 4.69) is 0 Å². The molecule has 0 saturated heterocycles. The van der Waals surface area contributed by atoms with E-state index in [4.69, 9.17) is 23.2 Å². The Labute approximate surface area is 116 Å². The average molecular weight is 279 g/mol. The first-order valence-electron chi connectivity index (χ1n) is 5.69. The largest absolute Gasteiger partial charge is 0.294 e. The summed E-state index contributed by atoms with van der Waals surface area (Å²) in [5.41, 5.74) is 1.56. The monoisotopic (exact) mass is 278 g/mol. The minimum Gasteiger partial charge on any atom is -0.294 e. The van der Waals surface area contributed by atoms with Gasteiger partial charge in [-0.05, 0) is 24.1 Å². The minimum absolute atomic E-state index is 0.0190. The molecule has 0 unspecified atom stereocenters.